The number of rotatable bonds is 6. The molecule has 0 saturated heterocycles. The van der Waals surface area contributed by atoms with Crippen molar-refractivity contribution in [3.05, 3.63) is 81.9 Å². The molecule has 0 spiro atoms. The maximum absolute atomic E-state index is 10.6. The van der Waals surface area contributed by atoms with Gasteiger partial charge in [-0.25, -0.2) is 9.59 Å². The second-order valence-electron chi connectivity index (χ2n) is 5.24. The zero-order chi connectivity index (χ0) is 24.0. The van der Waals surface area contributed by atoms with Crippen LogP contribution >= 0.6 is 0 Å². The largest absolute Gasteiger partial charge is 0.501 e. The summed E-state index contributed by atoms with van der Waals surface area (Å²) in [7, 11) is 0. The highest BCUT2D eigenvalue weighted by atomic mass is 16.6. The minimum atomic E-state index is -1.69. The second kappa shape index (κ2) is 9.32. The van der Waals surface area contributed by atoms with Crippen molar-refractivity contribution in [2.24, 2.45) is 0 Å². The Kier molecular flexibility index (Phi) is 7.16. The number of nitrogens with zero attached hydrogens (tertiary/aromatic N) is 4. The lowest BCUT2D eigenvalue weighted by Crippen LogP contribution is -2.02. The zero-order valence-corrected chi connectivity index (χ0v) is 14.6. The molecule has 0 fully saturated rings. The molecule has 2 aromatic rings. The molecule has 0 heterocycles. The Morgan fingerprint density at radius 2 is 1.06 bits per heavy atom. The fourth-order valence-electron chi connectivity index (χ4n) is 1.94. The van der Waals surface area contributed by atoms with Gasteiger partial charge in [-0.2, -0.15) is 0 Å². The van der Waals surface area contributed by atoms with Crippen molar-refractivity contribution in [1.29, 1.82) is 0 Å². The van der Waals surface area contributed by atoms with Gasteiger partial charge in [0.2, 0.25) is 5.75 Å². The molecule has 0 bridgehead atoms. The minimum Gasteiger partial charge on any atom is -0.501 e. The third-order valence-corrected chi connectivity index (χ3v) is 3.28. The molecule has 2 aromatic carbocycles. The van der Waals surface area contributed by atoms with Gasteiger partial charge < -0.3 is 15.3 Å². The van der Waals surface area contributed by atoms with Crippen molar-refractivity contribution in [3.8, 4) is 5.75 Å². The third-order valence-electron chi connectivity index (χ3n) is 3.28. The van der Waals surface area contributed by atoms with Gasteiger partial charge in [-0.15, -0.1) is 0 Å². The molecule has 17 heteroatoms. The van der Waals surface area contributed by atoms with E-state index in [1.807, 2.05) is 0 Å². The molecule has 0 aromatic heterocycles. The van der Waals surface area contributed by atoms with Crippen molar-refractivity contribution < 1.29 is 44.6 Å². The Morgan fingerprint density at radius 1 is 0.645 bits per heavy atom. The van der Waals surface area contributed by atoms with Crippen molar-refractivity contribution >= 4 is 34.7 Å². The molecule has 0 amide bonds. The van der Waals surface area contributed by atoms with Crippen LogP contribution in [-0.4, -0.2) is 47.0 Å². The van der Waals surface area contributed by atoms with Crippen LogP contribution in [0.3, 0.4) is 0 Å². The Labute approximate surface area is 168 Å². The predicted octanol–water partition coefficient (Wildman–Crippen LogP) is 2.11. The summed E-state index contributed by atoms with van der Waals surface area (Å²) in [6.07, 6.45) is 0. The highest BCUT2D eigenvalue weighted by Crippen LogP contribution is 2.34. The minimum absolute atomic E-state index is 0.488. The normalized spacial score (nSPS) is 9.68. The number of carboxylic acid groups (broad SMARTS) is 2. The standard InChI is InChI=1S/C7H4N2O7.C7H4N2O6/c10-6-4(7(11)12)1-3(8(13)14)2-5(6)9(15)16;10-7(11)4-1-5(8(12)13)3-6(2-4)9(14)15/h1-2,10H,(H,11,12);1-3H,(H,10,11). The highest BCUT2D eigenvalue weighted by molar-refractivity contribution is 5.93. The summed E-state index contributed by atoms with van der Waals surface area (Å²) >= 11 is 0. The van der Waals surface area contributed by atoms with E-state index in [9.17, 15) is 55.2 Å². The number of benzene rings is 2. The van der Waals surface area contributed by atoms with E-state index >= 15 is 0 Å². The number of carbonyl (C=O) groups is 2. The third kappa shape index (κ3) is 5.88. The quantitative estimate of drug-likeness (QED) is 0.429. The molecule has 2 rings (SSSR count). The van der Waals surface area contributed by atoms with Crippen LogP contribution in [0.25, 0.3) is 0 Å². The van der Waals surface area contributed by atoms with Crippen LogP contribution in [-0.2, 0) is 0 Å². The van der Waals surface area contributed by atoms with Crippen LogP contribution in [0.2, 0.25) is 0 Å². The van der Waals surface area contributed by atoms with Gasteiger partial charge in [-0.3, -0.25) is 40.5 Å². The smallest absolute Gasteiger partial charge is 0.340 e. The van der Waals surface area contributed by atoms with E-state index in [-0.39, 0.29) is 0 Å². The summed E-state index contributed by atoms with van der Waals surface area (Å²) in [6.45, 7) is 0. The Bertz CT molecular complexity index is 1010. The van der Waals surface area contributed by atoms with Crippen LogP contribution in [0.1, 0.15) is 20.7 Å². The molecule has 162 valence electrons. The highest BCUT2D eigenvalue weighted by Gasteiger charge is 2.26. The molecule has 0 saturated carbocycles. The Morgan fingerprint density at radius 3 is 1.39 bits per heavy atom. The van der Waals surface area contributed by atoms with Crippen LogP contribution in [0.15, 0.2) is 30.3 Å². The first-order valence-electron chi connectivity index (χ1n) is 7.32. The van der Waals surface area contributed by atoms with E-state index in [1.54, 1.807) is 0 Å². The molecular formula is C14H8N4O13. The number of nitro benzene ring substituents is 4. The van der Waals surface area contributed by atoms with Gasteiger partial charge in [0.1, 0.15) is 5.56 Å². The van der Waals surface area contributed by atoms with Gasteiger partial charge in [-0.05, 0) is 0 Å². The number of hydrogen-bond donors (Lipinski definition) is 3. The van der Waals surface area contributed by atoms with Crippen molar-refractivity contribution in [1.82, 2.24) is 0 Å². The SMILES string of the molecule is O=C(O)c1cc([N+](=O)[O-])cc([N+](=O)[O-])c1.O=C(O)c1cc([N+](=O)[O-])cc([N+](=O)[O-])c1O. The van der Waals surface area contributed by atoms with Crippen molar-refractivity contribution in [3.63, 3.8) is 0 Å². The lowest BCUT2D eigenvalue weighted by atomic mass is 10.1. The number of aromatic hydroxyl groups is 1. The lowest BCUT2D eigenvalue weighted by molar-refractivity contribution is -0.394. The van der Waals surface area contributed by atoms with E-state index < -0.39 is 71.3 Å². The number of aromatic carboxylic acids is 2. The molecule has 17 nitrogen and oxygen atoms in total. The number of carboxylic acids is 2. The van der Waals surface area contributed by atoms with E-state index in [1.165, 1.54) is 0 Å². The Balaban J connectivity index is 0.000000311. The summed E-state index contributed by atoms with van der Waals surface area (Å²) in [4.78, 5) is 58.7. The average molecular weight is 440 g/mol. The van der Waals surface area contributed by atoms with Gasteiger partial charge in [0.25, 0.3) is 17.1 Å². The van der Waals surface area contributed by atoms with Crippen molar-refractivity contribution in [2.75, 3.05) is 0 Å². The van der Waals surface area contributed by atoms with Gasteiger partial charge in [0.05, 0.1) is 37.4 Å². The summed E-state index contributed by atoms with van der Waals surface area (Å²) in [5.74, 6) is -4.26. The molecule has 0 radical (unpaired) electrons. The molecule has 31 heavy (non-hydrogen) atoms. The van der Waals surface area contributed by atoms with Gasteiger partial charge in [-0.1, -0.05) is 0 Å². The fraction of sp³-hybridized carbons (Fsp3) is 0. The number of hydrogen-bond acceptors (Lipinski definition) is 11. The summed E-state index contributed by atoms with van der Waals surface area (Å²) in [5, 5.41) is 67.8. The Hall–Kier alpha value is -5.22. The average Bonchev–Trinajstić information content (AvgIpc) is 2.67. The molecule has 3 N–H and O–H groups in total. The van der Waals surface area contributed by atoms with Crippen LogP contribution in [0.5, 0.6) is 5.75 Å². The fourth-order valence-corrected chi connectivity index (χ4v) is 1.94. The summed E-state index contributed by atoms with van der Waals surface area (Å²) in [6, 6.07) is 3.25. The van der Waals surface area contributed by atoms with Gasteiger partial charge in [0, 0.05) is 18.2 Å². The first-order valence-corrected chi connectivity index (χ1v) is 7.32. The molecule has 0 aliphatic carbocycles. The van der Waals surface area contributed by atoms with E-state index in [4.69, 9.17) is 10.2 Å². The van der Waals surface area contributed by atoms with Crippen LogP contribution < -0.4 is 0 Å². The first kappa shape index (κ1) is 23.8. The van der Waals surface area contributed by atoms with Crippen molar-refractivity contribution in [2.45, 2.75) is 0 Å². The lowest BCUT2D eigenvalue weighted by Gasteiger charge is -2.00. The monoisotopic (exact) mass is 440 g/mol. The van der Waals surface area contributed by atoms with Crippen LogP contribution in [0.4, 0.5) is 22.7 Å². The maximum Gasteiger partial charge on any atom is 0.340 e. The van der Waals surface area contributed by atoms with Gasteiger partial charge >= 0.3 is 17.6 Å². The zero-order valence-electron chi connectivity index (χ0n) is 14.6. The van der Waals surface area contributed by atoms with E-state index in [0.717, 1.165) is 12.1 Å². The molecular weight excluding hydrogens is 432 g/mol. The maximum atomic E-state index is 10.6. The number of nitro groups is 4. The first-order chi connectivity index (χ1) is 14.3. The predicted molar refractivity (Wildman–Crippen MR) is 95.1 cm³/mol. The number of phenols is 1. The summed E-state index contributed by atoms with van der Waals surface area (Å²) in [5.41, 5.74) is -4.42. The van der Waals surface area contributed by atoms with Gasteiger partial charge in [0.15, 0.2) is 0 Å². The molecule has 0 aliphatic rings. The van der Waals surface area contributed by atoms with E-state index in [2.05, 4.69) is 0 Å². The topological polar surface area (TPSA) is 267 Å². The van der Waals surface area contributed by atoms with E-state index in [0.29, 0.717) is 18.2 Å². The summed E-state index contributed by atoms with van der Waals surface area (Å²) < 4.78 is 0. The number of non-ortho nitro benzene ring substituents is 3. The molecule has 0 atom stereocenters. The molecule has 0 aliphatic heterocycles. The second-order valence-corrected chi connectivity index (χ2v) is 5.24. The van der Waals surface area contributed by atoms with Crippen LogP contribution in [0, 0.1) is 40.5 Å². The molecule has 0 unspecified atom stereocenters.